The molecule has 0 spiro atoms. The molecule has 3 nitrogen and oxygen atoms in total. The van der Waals surface area contributed by atoms with Crippen LogP contribution >= 0.6 is 0 Å². The zero-order chi connectivity index (χ0) is 12.3. The molecule has 0 aliphatic rings. The fourth-order valence-electron chi connectivity index (χ4n) is 1.22. The Morgan fingerprint density at radius 2 is 1.94 bits per heavy atom. The van der Waals surface area contributed by atoms with E-state index in [-0.39, 0.29) is 5.56 Å². The second-order valence-corrected chi connectivity index (χ2v) is 4.53. The van der Waals surface area contributed by atoms with Crippen LogP contribution in [0.5, 0.6) is 0 Å². The minimum Gasteiger partial charge on any atom is -0.459 e. The topological polar surface area (TPSA) is 52.3 Å². The molecule has 0 radical (unpaired) electrons. The molecule has 0 bridgehead atoms. The van der Waals surface area contributed by atoms with E-state index in [1.807, 2.05) is 0 Å². The molecule has 1 aromatic rings. The van der Waals surface area contributed by atoms with Crippen LogP contribution in [0.15, 0.2) is 24.3 Å². The zero-order valence-electron chi connectivity index (χ0n) is 9.66. The number of halogens is 1. The Bertz CT molecular complexity index is 385. The molecule has 0 fully saturated rings. The summed E-state index contributed by atoms with van der Waals surface area (Å²) in [5.74, 6) is -1.13. The van der Waals surface area contributed by atoms with E-state index in [2.05, 4.69) is 0 Å². The third kappa shape index (κ3) is 3.31. The maximum atomic E-state index is 13.3. The van der Waals surface area contributed by atoms with Gasteiger partial charge in [-0.25, -0.2) is 9.18 Å². The third-order valence-electron chi connectivity index (χ3n) is 1.90. The van der Waals surface area contributed by atoms with Crippen LogP contribution in [0.1, 0.15) is 32.4 Å². The van der Waals surface area contributed by atoms with Crippen LogP contribution in [-0.4, -0.2) is 11.6 Å². The number of hydrogen-bond donors (Lipinski definition) is 1. The summed E-state index contributed by atoms with van der Waals surface area (Å²) >= 11 is 0. The van der Waals surface area contributed by atoms with Crippen LogP contribution in [0.4, 0.5) is 4.39 Å². The van der Waals surface area contributed by atoms with Crippen molar-refractivity contribution in [2.75, 3.05) is 0 Å². The number of carbonyl (C=O) groups is 1. The van der Waals surface area contributed by atoms with Crippen molar-refractivity contribution >= 4 is 5.97 Å². The van der Waals surface area contributed by atoms with E-state index in [4.69, 9.17) is 10.5 Å². The molecule has 0 heterocycles. The van der Waals surface area contributed by atoms with Gasteiger partial charge in [-0.2, -0.15) is 0 Å². The summed E-state index contributed by atoms with van der Waals surface area (Å²) in [5.41, 5.74) is 5.16. The van der Waals surface area contributed by atoms with Gasteiger partial charge in [-0.15, -0.1) is 0 Å². The molecule has 1 rings (SSSR count). The SMILES string of the molecule is CC(C)(C)OC(=O)C(N)c1ccccc1F. The Labute approximate surface area is 94.4 Å². The van der Waals surface area contributed by atoms with E-state index in [0.29, 0.717) is 0 Å². The number of nitrogens with two attached hydrogens (primary N) is 1. The Morgan fingerprint density at radius 3 is 2.44 bits per heavy atom. The van der Waals surface area contributed by atoms with E-state index in [1.54, 1.807) is 32.9 Å². The van der Waals surface area contributed by atoms with Crippen LogP contribution in [0, 0.1) is 5.82 Å². The summed E-state index contributed by atoms with van der Waals surface area (Å²) in [7, 11) is 0. The predicted molar refractivity (Wildman–Crippen MR) is 59.2 cm³/mol. The summed E-state index contributed by atoms with van der Waals surface area (Å²) in [6.45, 7) is 5.21. The van der Waals surface area contributed by atoms with Gasteiger partial charge in [0.1, 0.15) is 17.5 Å². The first-order chi connectivity index (χ1) is 7.31. The number of hydrogen-bond acceptors (Lipinski definition) is 3. The molecule has 0 amide bonds. The minimum absolute atomic E-state index is 0.150. The highest BCUT2D eigenvalue weighted by Crippen LogP contribution is 2.18. The molecule has 0 aliphatic heterocycles. The Morgan fingerprint density at radius 1 is 1.38 bits per heavy atom. The summed E-state index contributed by atoms with van der Waals surface area (Å²) in [6, 6.07) is 4.83. The van der Waals surface area contributed by atoms with Crippen molar-refractivity contribution in [2.24, 2.45) is 5.73 Å². The second-order valence-electron chi connectivity index (χ2n) is 4.53. The lowest BCUT2D eigenvalue weighted by Gasteiger charge is -2.22. The Kier molecular flexibility index (Phi) is 3.65. The molecule has 0 saturated carbocycles. The molecular formula is C12H16FNO2. The molecule has 1 unspecified atom stereocenters. The maximum absolute atomic E-state index is 13.3. The molecule has 1 atom stereocenters. The first-order valence-corrected chi connectivity index (χ1v) is 5.04. The van der Waals surface area contributed by atoms with Crippen LogP contribution in [0.2, 0.25) is 0 Å². The van der Waals surface area contributed by atoms with E-state index < -0.39 is 23.4 Å². The van der Waals surface area contributed by atoms with E-state index in [0.717, 1.165) is 0 Å². The first-order valence-electron chi connectivity index (χ1n) is 5.04. The van der Waals surface area contributed by atoms with Crippen molar-refractivity contribution in [1.29, 1.82) is 0 Å². The molecule has 16 heavy (non-hydrogen) atoms. The number of rotatable bonds is 2. The standard InChI is InChI=1S/C12H16FNO2/c1-12(2,3)16-11(15)10(14)8-6-4-5-7-9(8)13/h4-7,10H,14H2,1-3H3. The average Bonchev–Trinajstić information content (AvgIpc) is 2.15. The van der Waals surface area contributed by atoms with Crippen molar-refractivity contribution in [1.82, 2.24) is 0 Å². The van der Waals surface area contributed by atoms with E-state index >= 15 is 0 Å². The van der Waals surface area contributed by atoms with Crippen molar-refractivity contribution < 1.29 is 13.9 Å². The van der Waals surface area contributed by atoms with Gasteiger partial charge in [0.2, 0.25) is 0 Å². The van der Waals surface area contributed by atoms with Gasteiger partial charge in [0, 0.05) is 5.56 Å². The van der Waals surface area contributed by atoms with Gasteiger partial charge >= 0.3 is 5.97 Å². The lowest BCUT2D eigenvalue weighted by Crippen LogP contribution is -2.32. The van der Waals surface area contributed by atoms with Gasteiger partial charge in [-0.1, -0.05) is 18.2 Å². The number of benzene rings is 1. The first kappa shape index (κ1) is 12.6. The normalized spacial score (nSPS) is 13.3. The van der Waals surface area contributed by atoms with E-state index in [9.17, 15) is 9.18 Å². The van der Waals surface area contributed by atoms with Gasteiger partial charge in [0.25, 0.3) is 0 Å². The minimum atomic E-state index is -1.08. The highest BCUT2D eigenvalue weighted by molar-refractivity contribution is 5.77. The molecule has 0 aliphatic carbocycles. The summed E-state index contributed by atoms with van der Waals surface area (Å²) < 4.78 is 18.4. The number of carbonyl (C=O) groups excluding carboxylic acids is 1. The van der Waals surface area contributed by atoms with Gasteiger partial charge in [-0.3, -0.25) is 0 Å². The Hall–Kier alpha value is -1.42. The molecule has 88 valence electrons. The smallest absolute Gasteiger partial charge is 0.328 e. The van der Waals surface area contributed by atoms with Gasteiger partial charge < -0.3 is 10.5 Å². The van der Waals surface area contributed by atoms with Crippen LogP contribution in [0.3, 0.4) is 0 Å². The lowest BCUT2D eigenvalue weighted by molar-refractivity contribution is -0.156. The second kappa shape index (κ2) is 4.61. The monoisotopic (exact) mass is 225 g/mol. The summed E-state index contributed by atoms with van der Waals surface area (Å²) in [4.78, 5) is 11.6. The zero-order valence-corrected chi connectivity index (χ0v) is 9.66. The molecule has 1 aromatic carbocycles. The highest BCUT2D eigenvalue weighted by Gasteiger charge is 2.25. The fourth-order valence-corrected chi connectivity index (χ4v) is 1.22. The molecular weight excluding hydrogens is 209 g/mol. The van der Waals surface area contributed by atoms with E-state index in [1.165, 1.54) is 12.1 Å². The van der Waals surface area contributed by atoms with Crippen LogP contribution < -0.4 is 5.73 Å². The molecule has 4 heteroatoms. The summed E-state index contributed by atoms with van der Waals surface area (Å²) in [5, 5.41) is 0. The van der Waals surface area contributed by atoms with Gasteiger partial charge in [0.15, 0.2) is 0 Å². The Balaban J connectivity index is 2.83. The highest BCUT2D eigenvalue weighted by atomic mass is 19.1. The molecule has 0 saturated heterocycles. The average molecular weight is 225 g/mol. The van der Waals surface area contributed by atoms with Gasteiger partial charge in [-0.05, 0) is 26.8 Å². The van der Waals surface area contributed by atoms with Crippen LogP contribution in [-0.2, 0) is 9.53 Å². The quantitative estimate of drug-likeness (QED) is 0.785. The molecule has 0 aromatic heterocycles. The van der Waals surface area contributed by atoms with Crippen molar-refractivity contribution in [3.63, 3.8) is 0 Å². The van der Waals surface area contributed by atoms with Gasteiger partial charge in [0.05, 0.1) is 0 Å². The van der Waals surface area contributed by atoms with Crippen molar-refractivity contribution in [2.45, 2.75) is 32.4 Å². The van der Waals surface area contributed by atoms with Crippen molar-refractivity contribution in [3.8, 4) is 0 Å². The predicted octanol–water partition coefficient (Wildman–Crippen LogP) is 2.17. The van der Waals surface area contributed by atoms with Crippen LogP contribution in [0.25, 0.3) is 0 Å². The maximum Gasteiger partial charge on any atom is 0.328 e. The van der Waals surface area contributed by atoms with Crippen molar-refractivity contribution in [3.05, 3.63) is 35.6 Å². The summed E-state index contributed by atoms with van der Waals surface area (Å²) in [6.07, 6.45) is 0. The molecule has 2 N–H and O–H groups in total. The third-order valence-corrected chi connectivity index (χ3v) is 1.90. The fraction of sp³-hybridized carbons (Fsp3) is 0.417. The largest absolute Gasteiger partial charge is 0.459 e. The number of esters is 1. The lowest BCUT2D eigenvalue weighted by atomic mass is 10.1. The number of ether oxygens (including phenoxy) is 1.